The van der Waals surface area contributed by atoms with Gasteiger partial charge in [-0.15, -0.1) is 11.6 Å². The van der Waals surface area contributed by atoms with E-state index in [1.54, 1.807) is 6.07 Å². The molecule has 0 aromatic heterocycles. The van der Waals surface area contributed by atoms with E-state index in [1.807, 2.05) is 37.3 Å². The first-order valence-electron chi connectivity index (χ1n) is 6.04. The van der Waals surface area contributed by atoms with Crippen molar-refractivity contribution in [2.24, 2.45) is 0 Å². The molecule has 2 aromatic carbocycles. The molecular weight excluding hydrogens is 382 g/mol. The van der Waals surface area contributed by atoms with Crippen LogP contribution >= 0.6 is 50.7 Å². The number of hydrogen-bond acceptors (Lipinski definition) is 1. The Morgan fingerprint density at radius 2 is 1.95 bits per heavy atom. The van der Waals surface area contributed by atoms with Gasteiger partial charge in [0.05, 0.1) is 26.5 Å². The fourth-order valence-electron chi connectivity index (χ4n) is 1.84. The number of benzene rings is 2. The monoisotopic (exact) mass is 392 g/mol. The van der Waals surface area contributed by atoms with E-state index in [-0.39, 0.29) is 5.38 Å². The number of rotatable bonds is 4. The Labute approximate surface area is 141 Å². The van der Waals surface area contributed by atoms with E-state index in [1.165, 1.54) is 0 Å². The molecule has 106 valence electrons. The van der Waals surface area contributed by atoms with Crippen LogP contribution in [-0.4, -0.2) is 6.61 Å². The highest BCUT2D eigenvalue weighted by molar-refractivity contribution is 9.10. The van der Waals surface area contributed by atoms with E-state index < -0.39 is 0 Å². The molecule has 0 heterocycles. The van der Waals surface area contributed by atoms with Crippen molar-refractivity contribution in [3.05, 3.63) is 62.0 Å². The highest BCUT2D eigenvalue weighted by atomic mass is 79.9. The number of halogens is 4. The van der Waals surface area contributed by atoms with Gasteiger partial charge >= 0.3 is 0 Å². The van der Waals surface area contributed by atoms with Gasteiger partial charge in [0.2, 0.25) is 0 Å². The molecule has 1 unspecified atom stereocenters. The molecule has 2 aromatic rings. The highest BCUT2D eigenvalue weighted by Crippen LogP contribution is 2.39. The maximum Gasteiger partial charge on any atom is 0.133 e. The van der Waals surface area contributed by atoms with Crippen LogP contribution < -0.4 is 4.74 Å². The van der Waals surface area contributed by atoms with Crippen LogP contribution in [0.1, 0.15) is 23.4 Å². The summed E-state index contributed by atoms with van der Waals surface area (Å²) in [5.41, 5.74) is 1.71. The van der Waals surface area contributed by atoms with Gasteiger partial charge in [-0.2, -0.15) is 0 Å². The van der Waals surface area contributed by atoms with Crippen LogP contribution in [0.25, 0.3) is 0 Å². The van der Waals surface area contributed by atoms with Crippen LogP contribution in [0, 0.1) is 0 Å². The summed E-state index contributed by atoms with van der Waals surface area (Å²) in [6.45, 7) is 2.55. The summed E-state index contributed by atoms with van der Waals surface area (Å²) in [5.74, 6) is 0.789. The summed E-state index contributed by atoms with van der Waals surface area (Å²) < 4.78 is 6.34. The third-order valence-corrected chi connectivity index (χ3v) is 4.74. The Morgan fingerprint density at radius 3 is 2.60 bits per heavy atom. The van der Waals surface area contributed by atoms with Crippen LogP contribution in [-0.2, 0) is 0 Å². The molecule has 0 aliphatic heterocycles. The van der Waals surface area contributed by atoms with Crippen molar-refractivity contribution in [2.45, 2.75) is 12.3 Å². The zero-order valence-electron chi connectivity index (χ0n) is 10.7. The van der Waals surface area contributed by atoms with E-state index in [9.17, 15) is 0 Å². The lowest BCUT2D eigenvalue weighted by Gasteiger charge is -2.14. The van der Waals surface area contributed by atoms with Crippen molar-refractivity contribution in [1.82, 2.24) is 0 Å². The standard InChI is InChI=1S/C15H12BrCl3O/c1-2-20-13-7-6-9(8-11(13)16)14(18)10-4-3-5-12(17)15(10)19/h3-8,14H,2H2,1H3. The lowest BCUT2D eigenvalue weighted by molar-refractivity contribution is 0.338. The maximum atomic E-state index is 6.51. The normalized spacial score (nSPS) is 12.2. The number of ether oxygens (including phenoxy) is 1. The molecule has 0 bridgehead atoms. The summed E-state index contributed by atoms with van der Waals surface area (Å²) in [6.07, 6.45) is 0. The van der Waals surface area contributed by atoms with Crippen molar-refractivity contribution >= 4 is 50.7 Å². The third kappa shape index (κ3) is 3.43. The Balaban J connectivity index is 2.36. The molecule has 20 heavy (non-hydrogen) atoms. The van der Waals surface area contributed by atoms with E-state index in [2.05, 4.69) is 15.9 Å². The molecule has 0 saturated heterocycles. The molecule has 2 rings (SSSR count). The molecule has 1 nitrogen and oxygen atoms in total. The second-order valence-corrected chi connectivity index (χ2v) is 6.20. The van der Waals surface area contributed by atoms with Gasteiger partial charge in [0.15, 0.2) is 0 Å². The van der Waals surface area contributed by atoms with Gasteiger partial charge in [-0.05, 0) is 52.2 Å². The molecule has 0 fully saturated rings. The quantitative estimate of drug-likeness (QED) is 0.539. The fraction of sp³-hybridized carbons (Fsp3) is 0.200. The molecule has 0 aliphatic rings. The predicted octanol–water partition coefficient (Wildman–Crippen LogP) is 6.48. The van der Waals surface area contributed by atoms with Crippen LogP contribution in [0.5, 0.6) is 5.75 Å². The molecular formula is C15H12BrCl3O. The maximum absolute atomic E-state index is 6.51. The smallest absolute Gasteiger partial charge is 0.133 e. The SMILES string of the molecule is CCOc1ccc(C(Cl)c2cccc(Cl)c2Cl)cc1Br. The average Bonchev–Trinajstić information content (AvgIpc) is 2.43. The van der Waals surface area contributed by atoms with Gasteiger partial charge in [-0.25, -0.2) is 0 Å². The van der Waals surface area contributed by atoms with E-state index in [0.717, 1.165) is 21.3 Å². The minimum Gasteiger partial charge on any atom is -0.493 e. The molecule has 0 saturated carbocycles. The zero-order chi connectivity index (χ0) is 14.7. The van der Waals surface area contributed by atoms with E-state index >= 15 is 0 Å². The molecule has 0 amide bonds. The molecule has 5 heteroatoms. The number of hydrogen-bond donors (Lipinski definition) is 0. The highest BCUT2D eigenvalue weighted by Gasteiger charge is 2.17. The molecule has 0 radical (unpaired) electrons. The topological polar surface area (TPSA) is 9.23 Å². The second kappa shape index (κ2) is 7.04. The van der Waals surface area contributed by atoms with Gasteiger partial charge < -0.3 is 4.74 Å². The summed E-state index contributed by atoms with van der Waals surface area (Å²) >= 11 is 22.2. The first-order chi connectivity index (χ1) is 9.54. The van der Waals surface area contributed by atoms with Crippen LogP contribution in [0.15, 0.2) is 40.9 Å². The Kier molecular flexibility index (Phi) is 5.62. The van der Waals surface area contributed by atoms with Crippen LogP contribution in [0.4, 0.5) is 0 Å². The van der Waals surface area contributed by atoms with Gasteiger partial charge in [0, 0.05) is 0 Å². The van der Waals surface area contributed by atoms with Gasteiger partial charge in [-0.1, -0.05) is 41.4 Å². The molecule has 0 spiro atoms. The Hall–Kier alpha value is -0.410. The first kappa shape index (κ1) is 16.0. The summed E-state index contributed by atoms with van der Waals surface area (Å²) in [6, 6.07) is 11.2. The van der Waals surface area contributed by atoms with Crippen LogP contribution in [0.3, 0.4) is 0 Å². The lowest BCUT2D eigenvalue weighted by Crippen LogP contribution is -1.97. The molecule has 0 N–H and O–H groups in total. The average molecular weight is 395 g/mol. The second-order valence-electron chi connectivity index (χ2n) is 4.13. The van der Waals surface area contributed by atoms with Crippen molar-refractivity contribution in [2.75, 3.05) is 6.61 Å². The summed E-state index contributed by atoms with van der Waals surface area (Å²) in [4.78, 5) is 0. The van der Waals surface area contributed by atoms with Gasteiger partial charge in [0.1, 0.15) is 5.75 Å². The predicted molar refractivity (Wildman–Crippen MR) is 89.5 cm³/mol. The summed E-state index contributed by atoms with van der Waals surface area (Å²) in [7, 11) is 0. The molecule has 0 aliphatic carbocycles. The van der Waals surface area contributed by atoms with Crippen LogP contribution in [0.2, 0.25) is 10.0 Å². The van der Waals surface area contributed by atoms with Crippen molar-refractivity contribution in [3.63, 3.8) is 0 Å². The van der Waals surface area contributed by atoms with Crippen molar-refractivity contribution in [1.29, 1.82) is 0 Å². The lowest BCUT2D eigenvalue weighted by atomic mass is 10.0. The van der Waals surface area contributed by atoms with E-state index in [0.29, 0.717) is 16.7 Å². The van der Waals surface area contributed by atoms with Crippen molar-refractivity contribution < 1.29 is 4.74 Å². The minimum absolute atomic E-state index is 0.367. The Morgan fingerprint density at radius 1 is 1.20 bits per heavy atom. The third-order valence-electron chi connectivity index (χ3n) is 2.80. The Bertz CT molecular complexity index is 616. The number of alkyl halides is 1. The largest absolute Gasteiger partial charge is 0.493 e. The summed E-state index contributed by atoms with van der Waals surface area (Å²) in [5, 5.41) is 0.618. The zero-order valence-corrected chi connectivity index (χ0v) is 14.5. The minimum atomic E-state index is -0.367. The molecule has 1 atom stereocenters. The van der Waals surface area contributed by atoms with E-state index in [4.69, 9.17) is 39.5 Å². The fourth-order valence-corrected chi connectivity index (χ4v) is 3.14. The van der Waals surface area contributed by atoms with Gasteiger partial charge in [0.25, 0.3) is 0 Å². The van der Waals surface area contributed by atoms with Gasteiger partial charge in [-0.3, -0.25) is 0 Å². The first-order valence-corrected chi connectivity index (χ1v) is 8.03. The van der Waals surface area contributed by atoms with Crippen molar-refractivity contribution in [3.8, 4) is 5.75 Å².